The Hall–Kier alpha value is -4.50. The third-order valence-electron chi connectivity index (χ3n) is 10.5. The minimum absolute atomic E-state index is 0.166. The standard InChI is InChI=1S/C50H63NO2/c1-32-15-20-40(25-33(32)2)51(38-21-16-34(17-22-38)26-36-28-41(47(3,4)5)45(52)42(29-36)48(6,7)8)39-23-18-35(19-24-39)27-37-30-43(49(9,10)11)46(53)44(31-37)50(12,13)14/h15-25,28-31,52-53H,26-27H2,1-14H3. The molecule has 0 radical (unpaired) electrons. The van der Waals surface area contributed by atoms with Crippen LogP contribution in [-0.4, -0.2) is 10.2 Å². The Bertz CT molecular complexity index is 1880. The molecule has 0 atom stereocenters. The van der Waals surface area contributed by atoms with E-state index in [9.17, 15) is 10.2 Å². The van der Waals surface area contributed by atoms with Crippen LogP contribution in [0.5, 0.6) is 11.5 Å². The largest absolute Gasteiger partial charge is 0.507 e. The number of anilines is 3. The zero-order chi connectivity index (χ0) is 39.3. The number of hydrogen-bond acceptors (Lipinski definition) is 3. The van der Waals surface area contributed by atoms with Gasteiger partial charge in [0.1, 0.15) is 11.5 Å². The van der Waals surface area contributed by atoms with Crippen LogP contribution in [0.25, 0.3) is 0 Å². The predicted octanol–water partition coefficient (Wildman–Crippen LogP) is 13.6. The Morgan fingerprint density at radius 2 is 0.679 bits per heavy atom. The Morgan fingerprint density at radius 3 is 0.962 bits per heavy atom. The maximum Gasteiger partial charge on any atom is 0.123 e. The van der Waals surface area contributed by atoms with Crippen molar-refractivity contribution in [2.24, 2.45) is 0 Å². The fourth-order valence-electron chi connectivity index (χ4n) is 7.19. The van der Waals surface area contributed by atoms with E-state index in [1.165, 1.54) is 33.4 Å². The molecule has 0 saturated carbocycles. The highest BCUT2D eigenvalue weighted by Gasteiger charge is 2.28. The summed E-state index contributed by atoms with van der Waals surface area (Å²) in [6, 6.07) is 33.3. The summed E-state index contributed by atoms with van der Waals surface area (Å²) in [6.07, 6.45) is 1.58. The van der Waals surface area contributed by atoms with Gasteiger partial charge in [-0.3, -0.25) is 0 Å². The lowest BCUT2D eigenvalue weighted by atomic mass is 9.78. The van der Waals surface area contributed by atoms with E-state index in [0.29, 0.717) is 11.5 Å². The highest BCUT2D eigenvalue weighted by Crippen LogP contribution is 2.42. The van der Waals surface area contributed by atoms with Gasteiger partial charge in [0, 0.05) is 17.1 Å². The minimum atomic E-state index is -0.166. The van der Waals surface area contributed by atoms with Gasteiger partial charge < -0.3 is 15.1 Å². The van der Waals surface area contributed by atoms with Crippen molar-refractivity contribution in [3.8, 4) is 11.5 Å². The molecule has 53 heavy (non-hydrogen) atoms. The van der Waals surface area contributed by atoms with E-state index in [1.807, 2.05) is 0 Å². The molecule has 0 unspecified atom stereocenters. The lowest BCUT2D eigenvalue weighted by molar-refractivity contribution is 0.422. The summed E-state index contributed by atoms with van der Waals surface area (Å²) in [5.74, 6) is 0.845. The maximum absolute atomic E-state index is 11.3. The molecule has 0 heterocycles. The van der Waals surface area contributed by atoms with Crippen LogP contribution in [0.4, 0.5) is 17.1 Å². The van der Waals surface area contributed by atoms with E-state index < -0.39 is 0 Å². The molecule has 280 valence electrons. The van der Waals surface area contributed by atoms with Gasteiger partial charge in [-0.2, -0.15) is 0 Å². The monoisotopic (exact) mass is 709 g/mol. The maximum atomic E-state index is 11.3. The molecule has 0 aliphatic rings. The third kappa shape index (κ3) is 9.01. The van der Waals surface area contributed by atoms with Gasteiger partial charge >= 0.3 is 0 Å². The number of aryl methyl sites for hydroxylation is 2. The van der Waals surface area contributed by atoms with Crippen molar-refractivity contribution >= 4 is 17.1 Å². The Balaban J connectivity index is 1.49. The van der Waals surface area contributed by atoms with Crippen LogP contribution in [0, 0.1) is 13.8 Å². The second-order valence-electron chi connectivity index (χ2n) is 19.4. The molecular weight excluding hydrogens is 647 g/mol. The molecule has 2 N–H and O–H groups in total. The van der Waals surface area contributed by atoms with Gasteiger partial charge in [-0.15, -0.1) is 0 Å². The van der Waals surface area contributed by atoms with Crippen LogP contribution in [0.15, 0.2) is 91.0 Å². The molecule has 0 aliphatic heterocycles. The third-order valence-corrected chi connectivity index (χ3v) is 10.5. The lowest BCUT2D eigenvalue weighted by Gasteiger charge is -2.28. The van der Waals surface area contributed by atoms with Crippen LogP contribution in [0.2, 0.25) is 0 Å². The average molecular weight is 710 g/mol. The van der Waals surface area contributed by atoms with Crippen LogP contribution in [0.3, 0.4) is 0 Å². The fourth-order valence-corrected chi connectivity index (χ4v) is 7.19. The summed E-state index contributed by atoms with van der Waals surface area (Å²) >= 11 is 0. The lowest BCUT2D eigenvalue weighted by Crippen LogP contribution is -2.18. The molecule has 0 saturated heterocycles. The quantitative estimate of drug-likeness (QED) is 0.177. The van der Waals surface area contributed by atoms with Crippen molar-refractivity contribution in [3.05, 3.63) is 147 Å². The second kappa shape index (κ2) is 14.4. The number of benzene rings is 5. The van der Waals surface area contributed by atoms with E-state index in [1.54, 1.807) is 0 Å². The molecule has 0 spiro atoms. The molecule has 0 bridgehead atoms. The minimum Gasteiger partial charge on any atom is -0.507 e. The van der Waals surface area contributed by atoms with Gasteiger partial charge in [0.2, 0.25) is 0 Å². The Morgan fingerprint density at radius 1 is 0.377 bits per heavy atom. The molecule has 3 heteroatoms. The number of hydrogen-bond donors (Lipinski definition) is 2. The summed E-state index contributed by atoms with van der Waals surface area (Å²) < 4.78 is 0. The molecule has 5 rings (SSSR count). The first-order valence-corrected chi connectivity index (χ1v) is 19.2. The number of phenolic OH excluding ortho intramolecular Hbond substituents is 2. The second-order valence-corrected chi connectivity index (χ2v) is 19.4. The van der Waals surface area contributed by atoms with Crippen LogP contribution in [0.1, 0.15) is 139 Å². The van der Waals surface area contributed by atoms with E-state index in [0.717, 1.165) is 52.2 Å². The van der Waals surface area contributed by atoms with Crippen molar-refractivity contribution in [3.63, 3.8) is 0 Å². The zero-order valence-corrected chi connectivity index (χ0v) is 34.9. The summed E-state index contributed by atoms with van der Waals surface area (Å²) in [4.78, 5) is 2.34. The number of rotatable bonds is 7. The molecule has 0 fully saturated rings. The molecule has 5 aromatic carbocycles. The average Bonchev–Trinajstić information content (AvgIpc) is 3.04. The summed E-state index contributed by atoms with van der Waals surface area (Å²) in [5, 5.41) is 22.5. The molecule has 3 nitrogen and oxygen atoms in total. The summed E-state index contributed by atoms with van der Waals surface area (Å²) in [5.41, 5.74) is 14.1. The van der Waals surface area contributed by atoms with E-state index in [-0.39, 0.29) is 21.7 Å². The van der Waals surface area contributed by atoms with Crippen LogP contribution < -0.4 is 4.90 Å². The predicted molar refractivity (Wildman–Crippen MR) is 227 cm³/mol. The summed E-state index contributed by atoms with van der Waals surface area (Å²) in [7, 11) is 0. The van der Waals surface area contributed by atoms with Crippen molar-refractivity contribution < 1.29 is 10.2 Å². The SMILES string of the molecule is Cc1ccc(N(c2ccc(Cc3cc(C(C)(C)C)c(O)c(C(C)(C)C)c3)cc2)c2ccc(Cc3cc(C(C)(C)C)c(O)c(C(C)(C)C)c3)cc2)cc1C. The van der Waals surface area contributed by atoms with Crippen molar-refractivity contribution in [2.45, 2.75) is 131 Å². The first-order chi connectivity index (χ1) is 24.4. The van der Waals surface area contributed by atoms with Gasteiger partial charge in [-0.1, -0.05) is 138 Å². The van der Waals surface area contributed by atoms with Crippen LogP contribution >= 0.6 is 0 Å². The van der Waals surface area contributed by atoms with E-state index in [2.05, 4.69) is 193 Å². The zero-order valence-electron chi connectivity index (χ0n) is 34.9. The first-order valence-electron chi connectivity index (χ1n) is 19.2. The molecule has 0 aliphatic carbocycles. The molecule has 0 amide bonds. The smallest absolute Gasteiger partial charge is 0.123 e. The number of nitrogens with zero attached hydrogens (tertiary/aromatic N) is 1. The van der Waals surface area contributed by atoms with Crippen molar-refractivity contribution in [2.75, 3.05) is 4.90 Å². The highest BCUT2D eigenvalue weighted by molar-refractivity contribution is 5.77. The van der Waals surface area contributed by atoms with Gasteiger partial charge in [-0.05, 0) is 140 Å². The highest BCUT2D eigenvalue weighted by atomic mass is 16.3. The van der Waals surface area contributed by atoms with Gasteiger partial charge in [0.25, 0.3) is 0 Å². The topological polar surface area (TPSA) is 43.7 Å². The Labute approximate surface area is 320 Å². The normalized spacial score (nSPS) is 12.6. The Kier molecular flexibility index (Phi) is 10.8. The summed E-state index contributed by atoms with van der Waals surface area (Å²) in [6.45, 7) is 30.3. The van der Waals surface area contributed by atoms with E-state index in [4.69, 9.17) is 0 Å². The number of phenols is 2. The fraction of sp³-hybridized carbons (Fsp3) is 0.400. The van der Waals surface area contributed by atoms with Gasteiger partial charge in [0.05, 0.1) is 0 Å². The molecule has 5 aromatic rings. The molecule has 0 aromatic heterocycles. The van der Waals surface area contributed by atoms with Crippen LogP contribution in [-0.2, 0) is 34.5 Å². The van der Waals surface area contributed by atoms with E-state index >= 15 is 0 Å². The molecular formula is C50H63NO2. The van der Waals surface area contributed by atoms with Gasteiger partial charge in [0.15, 0.2) is 0 Å². The van der Waals surface area contributed by atoms with Crippen molar-refractivity contribution in [1.82, 2.24) is 0 Å². The number of aromatic hydroxyl groups is 2. The van der Waals surface area contributed by atoms with Gasteiger partial charge in [-0.25, -0.2) is 0 Å². The first kappa shape index (κ1) is 39.7. The van der Waals surface area contributed by atoms with Crippen molar-refractivity contribution in [1.29, 1.82) is 0 Å².